The van der Waals surface area contributed by atoms with Gasteiger partial charge in [0.1, 0.15) is 0 Å². The van der Waals surface area contributed by atoms with Gasteiger partial charge in [-0.15, -0.1) is 0 Å². The van der Waals surface area contributed by atoms with Crippen LogP contribution in [0.15, 0.2) is 24.3 Å². The molecule has 0 atom stereocenters. The second kappa shape index (κ2) is 5.28. The van der Waals surface area contributed by atoms with Crippen LogP contribution in [0, 0.1) is 0 Å². The van der Waals surface area contributed by atoms with E-state index in [2.05, 4.69) is 11.6 Å². The SMILES string of the molecule is CCc1ccccc1CNS(=O)(=O)CC. The number of aryl methyl sites for hydroxylation is 1. The zero-order valence-corrected chi connectivity index (χ0v) is 9.97. The molecule has 0 fully saturated rings. The van der Waals surface area contributed by atoms with Crippen molar-refractivity contribution in [2.24, 2.45) is 0 Å². The lowest BCUT2D eigenvalue weighted by atomic mass is 10.1. The molecule has 0 bridgehead atoms. The normalized spacial score (nSPS) is 11.6. The lowest BCUT2D eigenvalue weighted by Crippen LogP contribution is -2.25. The number of benzene rings is 1. The van der Waals surface area contributed by atoms with Crippen molar-refractivity contribution in [1.29, 1.82) is 0 Å². The van der Waals surface area contributed by atoms with E-state index < -0.39 is 10.0 Å². The van der Waals surface area contributed by atoms with Gasteiger partial charge in [-0.1, -0.05) is 31.2 Å². The molecule has 0 spiro atoms. The zero-order chi connectivity index (χ0) is 11.3. The maximum atomic E-state index is 11.3. The van der Waals surface area contributed by atoms with E-state index in [0.29, 0.717) is 6.54 Å². The Morgan fingerprint density at radius 2 is 1.73 bits per heavy atom. The van der Waals surface area contributed by atoms with Crippen LogP contribution in [0.5, 0.6) is 0 Å². The van der Waals surface area contributed by atoms with Crippen LogP contribution >= 0.6 is 0 Å². The molecule has 0 heterocycles. The van der Waals surface area contributed by atoms with Crippen LogP contribution in [-0.4, -0.2) is 14.2 Å². The van der Waals surface area contributed by atoms with Crippen LogP contribution in [0.2, 0.25) is 0 Å². The van der Waals surface area contributed by atoms with Crippen LogP contribution in [0.4, 0.5) is 0 Å². The Bertz CT molecular complexity index is 412. The van der Waals surface area contributed by atoms with Gasteiger partial charge in [0.25, 0.3) is 0 Å². The molecular formula is C11H17NO2S. The topological polar surface area (TPSA) is 46.2 Å². The molecule has 0 amide bonds. The predicted molar refractivity (Wildman–Crippen MR) is 62.1 cm³/mol. The summed E-state index contributed by atoms with van der Waals surface area (Å²) < 4.78 is 25.1. The van der Waals surface area contributed by atoms with Gasteiger partial charge in [-0.05, 0) is 24.5 Å². The van der Waals surface area contributed by atoms with Gasteiger partial charge >= 0.3 is 0 Å². The fraction of sp³-hybridized carbons (Fsp3) is 0.455. The van der Waals surface area contributed by atoms with Crippen molar-refractivity contribution in [3.8, 4) is 0 Å². The Hall–Kier alpha value is -0.870. The van der Waals surface area contributed by atoms with Crippen molar-refractivity contribution >= 4 is 10.0 Å². The highest BCUT2D eigenvalue weighted by molar-refractivity contribution is 7.89. The molecule has 0 unspecified atom stereocenters. The molecule has 0 aliphatic carbocycles. The molecule has 0 saturated heterocycles. The van der Waals surface area contributed by atoms with Gasteiger partial charge in [0.05, 0.1) is 5.75 Å². The van der Waals surface area contributed by atoms with Crippen LogP contribution in [-0.2, 0) is 23.0 Å². The summed E-state index contributed by atoms with van der Waals surface area (Å²) in [6, 6.07) is 7.87. The Morgan fingerprint density at radius 3 is 2.27 bits per heavy atom. The third-order valence-corrected chi connectivity index (χ3v) is 3.71. The van der Waals surface area contributed by atoms with E-state index in [9.17, 15) is 8.42 Å². The molecule has 1 aromatic carbocycles. The molecule has 0 aromatic heterocycles. The van der Waals surface area contributed by atoms with Crippen LogP contribution in [0.3, 0.4) is 0 Å². The maximum absolute atomic E-state index is 11.3. The molecule has 0 radical (unpaired) electrons. The third kappa shape index (κ3) is 3.64. The van der Waals surface area contributed by atoms with E-state index in [1.807, 2.05) is 24.3 Å². The van der Waals surface area contributed by atoms with Crippen molar-refractivity contribution in [3.05, 3.63) is 35.4 Å². The molecule has 1 rings (SSSR count). The first kappa shape index (κ1) is 12.2. The number of rotatable bonds is 5. The predicted octanol–water partition coefficient (Wildman–Crippen LogP) is 1.69. The molecular weight excluding hydrogens is 210 g/mol. The van der Waals surface area contributed by atoms with Gasteiger partial charge in [-0.25, -0.2) is 13.1 Å². The summed E-state index contributed by atoms with van der Waals surface area (Å²) in [4.78, 5) is 0. The van der Waals surface area contributed by atoms with E-state index in [4.69, 9.17) is 0 Å². The van der Waals surface area contributed by atoms with Gasteiger partial charge in [0.15, 0.2) is 0 Å². The minimum Gasteiger partial charge on any atom is -0.212 e. The average Bonchev–Trinajstić information content (AvgIpc) is 2.27. The Balaban J connectivity index is 2.73. The fourth-order valence-corrected chi connectivity index (χ4v) is 1.94. The summed E-state index contributed by atoms with van der Waals surface area (Å²) in [5, 5.41) is 0. The fourth-order valence-electron chi connectivity index (χ4n) is 1.36. The van der Waals surface area contributed by atoms with Crippen molar-refractivity contribution in [1.82, 2.24) is 4.72 Å². The van der Waals surface area contributed by atoms with E-state index in [0.717, 1.165) is 12.0 Å². The molecule has 1 N–H and O–H groups in total. The summed E-state index contributed by atoms with van der Waals surface area (Å²) in [6.45, 7) is 4.08. The summed E-state index contributed by atoms with van der Waals surface area (Å²) in [5.41, 5.74) is 2.24. The molecule has 0 saturated carbocycles. The van der Waals surface area contributed by atoms with Crippen LogP contribution < -0.4 is 4.72 Å². The highest BCUT2D eigenvalue weighted by Gasteiger charge is 2.07. The average molecular weight is 227 g/mol. The van der Waals surface area contributed by atoms with Crippen LogP contribution in [0.25, 0.3) is 0 Å². The van der Waals surface area contributed by atoms with Gasteiger partial charge in [0, 0.05) is 6.54 Å². The Kier molecular flexibility index (Phi) is 4.29. The molecule has 0 aliphatic heterocycles. The molecule has 4 heteroatoms. The van der Waals surface area contributed by atoms with Gasteiger partial charge in [-0.2, -0.15) is 0 Å². The standard InChI is InChI=1S/C11H17NO2S/c1-3-10-7-5-6-8-11(10)9-12-15(13,14)4-2/h5-8,12H,3-4,9H2,1-2H3. The summed E-state index contributed by atoms with van der Waals surface area (Å²) >= 11 is 0. The van der Waals surface area contributed by atoms with Gasteiger partial charge in [-0.3, -0.25) is 0 Å². The number of hydrogen-bond donors (Lipinski definition) is 1. The van der Waals surface area contributed by atoms with E-state index in [1.165, 1.54) is 5.56 Å². The van der Waals surface area contributed by atoms with E-state index >= 15 is 0 Å². The first-order chi connectivity index (χ1) is 7.09. The minimum atomic E-state index is -3.09. The largest absolute Gasteiger partial charge is 0.212 e. The maximum Gasteiger partial charge on any atom is 0.211 e. The second-order valence-electron chi connectivity index (χ2n) is 3.35. The number of hydrogen-bond acceptors (Lipinski definition) is 2. The summed E-state index contributed by atoms with van der Waals surface area (Å²) in [7, 11) is -3.09. The summed E-state index contributed by atoms with van der Waals surface area (Å²) in [5.74, 6) is 0.126. The van der Waals surface area contributed by atoms with Crippen molar-refractivity contribution in [2.45, 2.75) is 26.8 Å². The Labute approximate surface area is 91.6 Å². The molecule has 1 aromatic rings. The molecule has 84 valence electrons. The number of sulfonamides is 1. The molecule has 15 heavy (non-hydrogen) atoms. The Morgan fingerprint density at radius 1 is 1.13 bits per heavy atom. The zero-order valence-electron chi connectivity index (χ0n) is 9.16. The first-order valence-corrected chi connectivity index (χ1v) is 6.78. The summed E-state index contributed by atoms with van der Waals surface area (Å²) in [6.07, 6.45) is 0.921. The second-order valence-corrected chi connectivity index (χ2v) is 5.44. The third-order valence-electron chi connectivity index (χ3n) is 2.36. The first-order valence-electron chi connectivity index (χ1n) is 5.13. The quantitative estimate of drug-likeness (QED) is 0.832. The monoisotopic (exact) mass is 227 g/mol. The van der Waals surface area contributed by atoms with E-state index in [-0.39, 0.29) is 5.75 Å². The number of nitrogens with one attached hydrogen (secondary N) is 1. The lowest BCUT2D eigenvalue weighted by molar-refractivity contribution is 0.582. The van der Waals surface area contributed by atoms with E-state index in [1.54, 1.807) is 6.92 Å². The highest BCUT2D eigenvalue weighted by Crippen LogP contribution is 2.09. The van der Waals surface area contributed by atoms with Gasteiger partial charge < -0.3 is 0 Å². The molecule has 3 nitrogen and oxygen atoms in total. The van der Waals surface area contributed by atoms with Crippen molar-refractivity contribution in [2.75, 3.05) is 5.75 Å². The van der Waals surface area contributed by atoms with Crippen LogP contribution in [0.1, 0.15) is 25.0 Å². The van der Waals surface area contributed by atoms with Gasteiger partial charge in [0.2, 0.25) is 10.0 Å². The smallest absolute Gasteiger partial charge is 0.211 e. The van der Waals surface area contributed by atoms with Crippen molar-refractivity contribution in [3.63, 3.8) is 0 Å². The lowest BCUT2D eigenvalue weighted by Gasteiger charge is -2.08. The van der Waals surface area contributed by atoms with Crippen molar-refractivity contribution < 1.29 is 8.42 Å². The minimum absolute atomic E-state index is 0.126. The molecule has 0 aliphatic rings. The highest BCUT2D eigenvalue weighted by atomic mass is 32.2.